The van der Waals surface area contributed by atoms with E-state index in [9.17, 15) is 4.79 Å². The zero-order valence-electron chi connectivity index (χ0n) is 13.6. The molecule has 7 nitrogen and oxygen atoms in total. The molecule has 0 unspecified atom stereocenters. The zero-order chi connectivity index (χ0) is 16.1. The molecule has 3 rings (SSSR count). The zero-order valence-corrected chi connectivity index (χ0v) is 13.6. The van der Waals surface area contributed by atoms with Crippen molar-refractivity contribution in [2.24, 2.45) is 0 Å². The van der Waals surface area contributed by atoms with Gasteiger partial charge in [0.05, 0.1) is 31.1 Å². The monoisotopic (exact) mass is 320 g/mol. The van der Waals surface area contributed by atoms with E-state index < -0.39 is 0 Å². The van der Waals surface area contributed by atoms with E-state index in [-0.39, 0.29) is 11.9 Å². The summed E-state index contributed by atoms with van der Waals surface area (Å²) in [6, 6.07) is 0.275. The number of nitrogens with zero attached hydrogens (tertiary/aromatic N) is 3. The molecule has 0 atom stereocenters. The van der Waals surface area contributed by atoms with Crippen molar-refractivity contribution in [1.82, 2.24) is 15.3 Å². The quantitative estimate of drug-likeness (QED) is 0.876. The fraction of sp³-hybridized carbons (Fsp3) is 0.688. The van der Waals surface area contributed by atoms with Crippen molar-refractivity contribution in [2.75, 3.05) is 38.3 Å². The fourth-order valence-electron chi connectivity index (χ4n) is 3.09. The molecule has 1 aliphatic heterocycles. The highest BCUT2D eigenvalue weighted by molar-refractivity contribution is 5.95. The largest absolute Gasteiger partial charge is 0.378 e. The highest BCUT2D eigenvalue weighted by Crippen LogP contribution is 2.19. The molecule has 1 amide bonds. The second kappa shape index (κ2) is 7.70. The fourth-order valence-corrected chi connectivity index (χ4v) is 3.09. The molecule has 0 aromatic carbocycles. The molecular weight excluding hydrogens is 296 g/mol. The Labute approximate surface area is 136 Å². The SMILES string of the molecule is COCc1nc(N2CCOCC2)ncc1C(=O)NC1CCCC1. The van der Waals surface area contributed by atoms with E-state index in [2.05, 4.69) is 20.2 Å². The van der Waals surface area contributed by atoms with Gasteiger partial charge >= 0.3 is 0 Å². The molecular formula is C16H24N4O3. The standard InChI is InChI=1S/C16H24N4O3/c1-22-11-14-13(15(21)18-12-4-2-3-5-12)10-17-16(19-14)20-6-8-23-9-7-20/h10,12H,2-9,11H2,1H3,(H,18,21). The van der Waals surface area contributed by atoms with Crippen LogP contribution in [0.3, 0.4) is 0 Å². The van der Waals surface area contributed by atoms with Crippen molar-refractivity contribution in [3.8, 4) is 0 Å². The van der Waals surface area contributed by atoms with Crippen molar-refractivity contribution in [1.29, 1.82) is 0 Å². The second-order valence-electron chi connectivity index (χ2n) is 6.02. The highest BCUT2D eigenvalue weighted by Gasteiger charge is 2.22. The number of hydrogen-bond donors (Lipinski definition) is 1. The van der Waals surface area contributed by atoms with Crippen LogP contribution in [-0.2, 0) is 16.1 Å². The number of aromatic nitrogens is 2. The molecule has 23 heavy (non-hydrogen) atoms. The van der Waals surface area contributed by atoms with Gasteiger partial charge in [-0.25, -0.2) is 9.97 Å². The number of methoxy groups -OCH3 is 1. The molecule has 0 bridgehead atoms. The Bertz CT molecular complexity index is 540. The van der Waals surface area contributed by atoms with Crippen LogP contribution in [0.2, 0.25) is 0 Å². The average molecular weight is 320 g/mol. The summed E-state index contributed by atoms with van der Waals surface area (Å²) in [5, 5.41) is 3.08. The highest BCUT2D eigenvalue weighted by atomic mass is 16.5. The minimum absolute atomic E-state index is 0.0996. The summed E-state index contributed by atoms with van der Waals surface area (Å²) in [7, 11) is 1.61. The van der Waals surface area contributed by atoms with Gasteiger partial charge in [0.1, 0.15) is 0 Å². The molecule has 126 valence electrons. The molecule has 1 saturated carbocycles. The molecule has 0 spiro atoms. The summed E-state index contributed by atoms with van der Waals surface area (Å²) in [5.41, 5.74) is 1.15. The van der Waals surface area contributed by atoms with Crippen molar-refractivity contribution < 1.29 is 14.3 Å². The van der Waals surface area contributed by atoms with E-state index in [1.54, 1.807) is 13.3 Å². The smallest absolute Gasteiger partial charge is 0.255 e. The van der Waals surface area contributed by atoms with Gasteiger partial charge in [-0.1, -0.05) is 12.8 Å². The maximum absolute atomic E-state index is 12.5. The van der Waals surface area contributed by atoms with E-state index in [4.69, 9.17) is 9.47 Å². The van der Waals surface area contributed by atoms with Gasteiger partial charge in [-0.05, 0) is 12.8 Å². The number of carbonyl (C=O) groups is 1. The van der Waals surface area contributed by atoms with Crippen LogP contribution in [0.25, 0.3) is 0 Å². The number of nitrogens with one attached hydrogen (secondary N) is 1. The van der Waals surface area contributed by atoms with Gasteiger partial charge in [0.25, 0.3) is 5.91 Å². The van der Waals surface area contributed by atoms with Gasteiger partial charge in [0.15, 0.2) is 0 Å². The molecule has 1 aromatic heterocycles. The molecule has 7 heteroatoms. The Hall–Kier alpha value is -1.73. The summed E-state index contributed by atoms with van der Waals surface area (Å²) < 4.78 is 10.6. The predicted molar refractivity (Wildman–Crippen MR) is 85.5 cm³/mol. The van der Waals surface area contributed by atoms with E-state index in [0.717, 1.165) is 25.9 Å². The van der Waals surface area contributed by atoms with E-state index in [1.807, 2.05) is 0 Å². The average Bonchev–Trinajstić information content (AvgIpc) is 3.09. The Kier molecular flexibility index (Phi) is 5.40. The first-order valence-corrected chi connectivity index (χ1v) is 8.26. The molecule has 1 N–H and O–H groups in total. The summed E-state index contributed by atoms with van der Waals surface area (Å²) in [4.78, 5) is 23.5. The number of morpholine rings is 1. The topological polar surface area (TPSA) is 76.6 Å². The van der Waals surface area contributed by atoms with Crippen LogP contribution in [0, 0.1) is 0 Å². The molecule has 1 saturated heterocycles. The number of ether oxygens (including phenoxy) is 2. The van der Waals surface area contributed by atoms with Crippen molar-refractivity contribution in [3.63, 3.8) is 0 Å². The summed E-state index contributed by atoms with van der Waals surface area (Å²) in [6.07, 6.45) is 6.09. The maximum atomic E-state index is 12.5. The molecule has 2 fully saturated rings. The summed E-state index contributed by atoms with van der Waals surface area (Å²) >= 11 is 0. The number of anilines is 1. The first-order chi connectivity index (χ1) is 11.3. The normalized spacial score (nSPS) is 19.1. The number of carbonyl (C=O) groups excluding carboxylic acids is 1. The van der Waals surface area contributed by atoms with Crippen LogP contribution < -0.4 is 10.2 Å². The number of hydrogen-bond acceptors (Lipinski definition) is 6. The molecule has 0 radical (unpaired) electrons. The van der Waals surface area contributed by atoms with Gasteiger partial charge in [-0.15, -0.1) is 0 Å². The van der Waals surface area contributed by atoms with Crippen LogP contribution in [0.1, 0.15) is 41.7 Å². The van der Waals surface area contributed by atoms with Gasteiger partial charge in [0, 0.05) is 32.4 Å². The molecule has 2 aliphatic rings. The lowest BCUT2D eigenvalue weighted by atomic mass is 10.2. The van der Waals surface area contributed by atoms with Crippen molar-refractivity contribution in [2.45, 2.75) is 38.3 Å². The van der Waals surface area contributed by atoms with Crippen molar-refractivity contribution in [3.05, 3.63) is 17.5 Å². The third-order valence-corrected chi connectivity index (χ3v) is 4.36. The Morgan fingerprint density at radius 2 is 2.13 bits per heavy atom. The second-order valence-corrected chi connectivity index (χ2v) is 6.02. The Balaban J connectivity index is 1.76. The minimum atomic E-state index is -0.0996. The maximum Gasteiger partial charge on any atom is 0.255 e. The van der Waals surface area contributed by atoms with Gasteiger partial charge in [-0.2, -0.15) is 0 Å². The summed E-state index contributed by atoms with van der Waals surface area (Å²) in [6.45, 7) is 3.17. The molecule has 1 aromatic rings. The predicted octanol–water partition coefficient (Wildman–Crippen LogP) is 1.13. The lowest BCUT2D eigenvalue weighted by molar-refractivity contribution is 0.0931. The molecule has 2 heterocycles. The van der Waals surface area contributed by atoms with E-state index in [1.165, 1.54) is 12.8 Å². The third kappa shape index (κ3) is 3.97. The first kappa shape index (κ1) is 16.1. The van der Waals surface area contributed by atoms with Crippen LogP contribution in [0.15, 0.2) is 6.20 Å². The number of rotatable bonds is 5. The van der Waals surface area contributed by atoms with Gasteiger partial charge < -0.3 is 19.7 Å². The van der Waals surface area contributed by atoms with E-state index >= 15 is 0 Å². The van der Waals surface area contributed by atoms with Gasteiger partial charge in [0.2, 0.25) is 5.95 Å². The van der Waals surface area contributed by atoms with Crippen molar-refractivity contribution >= 4 is 11.9 Å². The van der Waals surface area contributed by atoms with Crippen LogP contribution in [-0.4, -0.2) is 55.3 Å². The Morgan fingerprint density at radius 1 is 1.39 bits per heavy atom. The van der Waals surface area contributed by atoms with Crippen LogP contribution >= 0.6 is 0 Å². The Morgan fingerprint density at radius 3 is 2.83 bits per heavy atom. The first-order valence-electron chi connectivity index (χ1n) is 8.26. The lowest BCUT2D eigenvalue weighted by Gasteiger charge is -2.27. The third-order valence-electron chi connectivity index (χ3n) is 4.36. The molecule has 1 aliphatic carbocycles. The number of amides is 1. The minimum Gasteiger partial charge on any atom is -0.378 e. The lowest BCUT2D eigenvalue weighted by Crippen LogP contribution is -2.38. The summed E-state index contributed by atoms with van der Waals surface area (Å²) in [5.74, 6) is 0.537. The van der Waals surface area contributed by atoms with Crippen LogP contribution in [0.4, 0.5) is 5.95 Å². The van der Waals surface area contributed by atoms with Crippen LogP contribution in [0.5, 0.6) is 0 Å². The van der Waals surface area contributed by atoms with E-state index in [0.29, 0.717) is 37.0 Å². The van der Waals surface area contributed by atoms with Gasteiger partial charge in [-0.3, -0.25) is 4.79 Å².